The molecule has 7 rings (SSSR count). The van der Waals surface area contributed by atoms with E-state index in [4.69, 9.17) is 14.4 Å². The number of nitrogens with zero attached hydrogens (tertiary/aromatic N) is 3. The fourth-order valence-corrected chi connectivity index (χ4v) is 6.88. The molecule has 2 fully saturated rings. The van der Waals surface area contributed by atoms with E-state index in [2.05, 4.69) is 41.7 Å². The predicted molar refractivity (Wildman–Crippen MR) is 186 cm³/mol. The molecule has 0 unspecified atom stereocenters. The Morgan fingerprint density at radius 1 is 0.833 bits per heavy atom. The first-order valence-electron chi connectivity index (χ1n) is 16.4. The third-order valence-corrected chi connectivity index (χ3v) is 10.2. The zero-order valence-electron chi connectivity index (χ0n) is 27.6. The van der Waals surface area contributed by atoms with Crippen LogP contribution in [0.2, 0.25) is 0 Å². The summed E-state index contributed by atoms with van der Waals surface area (Å²) in [7, 11) is -0.618. The first-order valence-corrected chi connectivity index (χ1v) is 16.4. The van der Waals surface area contributed by atoms with Crippen LogP contribution in [-0.2, 0) is 19.6 Å². The minimum atomic E-state index is -1.02. The van der Waals surface area contributed by atoms with E-state index in [1.54, 1.807) is 0 Å². The van der Waals surface area contributed by atoms with Gasteiger partial charge < -0.3 is 24.6 Å². The van der Waals surface area contributed by atoms with E-state index in [0.717, 1.165) is 33.1 Å². The molecule has 2 saturated heterocycles. The van der Waals surface area contributed by atoms with E-state index < -0.39 is 35.9 Å². The molecule has 10 heteroatoms. The summed E-state index contributed by atoms with van der Waals surface area (Å²) in [6, 6.07) is 36.7. The van der Waals surface area contributed by atoms with Gasteiger partial charge in [-0.15, -0.1) is 0 Å². The number of carboxylic acid groups (broad SMARTS) is 1. The van der Waals surface area contributed by atoms with Gasteiger partial charge in [0.05, 0.1) is 22.6 Å². The summed E-state index contributed by atoms with van der Waals surface area (Å²) in [5.41, 5.74) is 2.59. The van der Waals surface area contributed by atoms with Crippen molar-refractivity contribution in [2.75, 3.05) is 18.4 Å². The van der Waals surface area contributed by atoms with E-state index in [-0.39, 0.29) is 12.5 Å². The fraction of sp³-hybridized carbons (Fsp3) is 0.289. The van der Waals surface area contributed by atoms with Gasteiger partial charge >= 0.3 is 13.2 Å². The molecule has 5 aromatic rings. The highest BCUT2D eigenvalue weighted by atomic mass is 16.7. The first-order chi connectivity index (χ1) is 23.0. The minimum Gasteiger partial charge on any atom is -0.465 e. The molecule has 2 aliphatic heterocycles. The molecule has 0 aliphatic carbocycles. The number of hydrogen-bond donors (Lipinski definition) is 2. The molecule has 2 N–H and O–H groups in total. The summed E-state index contributed by atoms with van der Waals surface area (Å²) < 4.78 is 14.8. The molecule has 4 aromatic carbocycles. The largest absolute Gasteiger partial charge is 0.494 e. The number of carbonyl (C=O) groups excluding carboxylic acids is 1. The highest BCUT2D eigenvalue weighted by molar-refractivity contribution is 6.62. The van der Waals surface area contributed by atoms with Crippen molar-refractivity contribution in [2.45, 2.75) is 50.9 Å². The molecule has 48 heavy (non-hydrogen) atoms. The Kier molecular flexibility index (Phi) is 7.88. The van der Waals surface area contributed by atoms with Gasteiger partial charge in [0.15, 0.2) is 5.82 Å². The van der Waals surface area contributed by atoms with Crippen molar-refractivity contribution in [3.8, 4) is 0 Å². The Hall–Kier alpha value is -4.93. The van der Waals surface area contributed by atoms with E-state index in [9.17, 15) is 14.7 Å². The second-order valence-electron chi connectivity index (χ2n) is 13.6. The maximum absolute atomic E-state index is 13.8. The van der Waals surface area contributed by atoms with E-state index in [1.165, 1.54) is 4.90 Å². The van der Waals surface area contributed by atoms with Crippen molar-refractivity contribution in [1.82, 2.24) is 14.7 Å². The molecule has 1 atom stereocenters. The Morgan fingerprint density at radius 2 is 1.35 bits per heavy atom. The smallest absolute Gasteiger partial charge is 0.465 e. The number of nitrogens with one attached hydrogen (secondary N) is 1. The maximum Gasteiger partial charge on any atom is 0.494 e. The third kappa shape index (κ3) is 5.25. The van der Waals surface area contributed by atoms with E-state index in [1.807, 2.05) is 105 Å². The Morgan fingerprint density at radius 3 is 1.83 bits per heavy atom. The van der Waals surface area contributed by atoms with E-state index in [0.29, 0.717) is 18.8 Å². The van der Waals surface area contributed by atoms with Crippen LogP contribution in [0.5, 0.6) is 0 Å². The molecular weight excluding hydrogens is 603 g/mol. The van der Waals surface area contributed by atoms with Gasteiger partial charge in [0, 0.05) is 18.5 Å². The van der Waals surface area contributed by atoms with Gasteiger partial charge in [-0.1, -0.05) is 97.1 Å². The number of amides is 2. The van der Waals surface area contributed by atoms with Crippen molar-refractivity contribution < 1.29 is 24.0 Å². The zero-order chi connectivity index (χ0) is 33.7. The SMILES string of the molecule is CC1(C)OB(c2ccc3c(c2)c(NC(=O)[C@@H]2CCN(C(=O)O)C2)nn3C(c2ccccc2)(c2ccccc2)c2ccccc2)OC1(C)C. The van der Waals surface area contributed by atoms with Crippen molar-refractivity contribution >= 4 is 41.3 Å². The van der Waals surface area contributed by atoms with Gasteiger partial charge in [-0.05, 0) is 68.4 Å². The van der Waals surface area contributed by atoms with Gasteiger partial charge in [-0.3, -0.25) is 4.79 Å². The number of rotatable bonds is 7. The standard InChI is InChI=1S/C38H39BN4O5/c1-36(2)37(3,4)48-39(47-36)30-20-21-32-31(24-30)33(40-34(44)26-22-23-42(25-26)35(45)46)41-43(32)38(27-14-8-5-9-15-27,28-16-10-6-11-17-28)29-18-12-7-13-19-29/h5-21,24,26H,22-23,25H2,1-4H3,(H,45,46)(H,40,41,44)/t26-/m1/s1. The summed E-state index contributed by atoms with van der Waals surface area (Å²) in [4.78, 5) is 26.7. The highest BCUT2D eigenvalue weighted by Crippen LogP contribution is 2.44. The molecule has 1 aromatic heterocycles. The molecule has 0 spiro atoms. The Bertz CT molecular complexity index is 1850. The summed E-state index contributed by atoms with van der Waals surface area (Å²) in [5.74, 6) is -0.375. The Labute approximate surface area is 280 Å². The lowest BCUT2D eigenvalue weighted by Gasteiger charge is -2.37. The lowest BCUT2D eigenvalue weighted by molar-refractivity contribution is -0.119. The first kappa shape index (κ1) is 31.7. The van der Waals surface area contributed by atoms with Gasteiger partial charge in [-0.25, -0.2) is 9.48 Å². The molecular formula is C38H39BN4O5. The van der Waals surface area contributed by atoms with Crippen molar-refractivity contribution in [2.24, 2.45) is 5.92 Å². The predicted octanol–water partition coefficient (Wildman–Crippen LogP) is 6.11. The average Bonchev–Trinajstić information content (AvgIpc) is 3.78. The lowest BCUT2D eigenvalue weighted by atomic mass is 9.76. The Balaban J connectivity index is 1.45. The number of benzene rings is 4. The lowest BCUT2D eigenvalue weighted by Crippen LogP contribution is -2.41. The van der Waals surface area contributed by atoms with Crippen LogP contribution in [0, 0.1) is 5.92 Å². The molecule has 0 bridgehead atoms. The average molecular weight is 643 g/mol. The molecule has 0 saturated carbocycles. The van der Waals surface area contributed by atoms with Crippen LogP contribution < -0.4 is 10.8 Å². The molecule has 2 amide bonds. The normalized spacial score (nSPS) is 18.7. The van der Waals surface area contributed by atoms with Crippen molar-refractivity contribution in [1.29, 1.82) is 0 Å². The molecule has 2 aliphatic rings. The van der Waals surface area contributed by atoms with Crippen molar-refractivity contribution in [3.63, 3.8) is 0 Å². The monoisotopic (exact) mass is 642 g/mol. The summed E-state index contributed by atoms with van der Waals surface area (Å²) in [6.45, 7) is 8.53. The maximum atomic E-state index is 13.8. The number of likely N-dealkylation sites (tertiary alicyclic amines) is 1. The van der Waals surface area contributed by atoms with Gasteiger partial charge in [-0.2, -0.15) is 5.10 Å². The van der Waals surface area contributed by atoms with Gasteiger partial charge in [0.2, 0.25) is 5.91 Å². The number of fused-ring (bicyclic) bond motifs is 1. The fourth-order valence-electron chi connectivity index (χ4n) is 6.88. The van der Waals surface area contributed by atoms with Crippen LogP contribution in [0.1, 0.15) is 50.8 Å². The third-order valence-electron chi connectivity index (χ3n) is 10.2. The second kappa shape index (κ2) is 11.9. The van der Waals surface area contributed by atoms with Crippen LogP contribution in [0.25, 0.3) is 10.9 Å². The summed E-state index contributed by atoms with van der Waals surface area (Å²) >= 11 is 0. The zero-order valence-corrected chi connectivity index (χ0v) is 27.6. The molecule has 0 radical (unpaired) electrons. The summed E-state index contributed by atoms with van der Waals surface area (Å²) in [6.07, 6.45) is -0.580. The van der Waals surface area contributed by atoms with Crippen LogP contribution >= 0.6 is 0 Å². The number of anilines is 1. The van der Waals surface area contributed by atoms with Crippen LogP contribution in [0.4, 0.5) is 10.6 Å². The van der Waals surface area contributed by atoms with Crippen LogP contribution in [0.15, 0.2) is 109 Å². The molecule has 9 nitrogen and oxygen atoms in total. The van der Waals surface area contributed by atoms with Gasteiger partial charge in [0.25, 0.3) is 0 Å². The second-order valence-corrected chi connectivity index (χ2v) is 13.6. The highest BCUT2D eigenvalue weighted by Gasteiger charge is 2.52. The van der Waals surface area contributed by atoms with E-state index >= 15 is 0 Å². The number of carbonyl (C=O) groups is 2. The number of hydrogen-bond acceptors (Lipinski definition) is 5. The topological polar surface area (TPSA) is 106 Å². The number of aromatic nitrogens is 2. The molecule has 3 heterocycles. The van der Waals surface area contributed by atoms with Crippen LogP contribution in [0.3, 0.4) is 0 Å². The molecule has 244 valence electrons. The van der Waals surface area contributed by atoms with Crippen molar-refractivity contribution in [3.05, 3.63) is 126 Å². The quantitative estimate of drug-likeness (QED) is 0.164. The minimum absolute atomic E-state index is 0.140. The van der Waals surface area contributed by atoms with Gasteiger partial charge in [0.1, 0.15) is 5.54 Å². The summed E-state index contributed by atoms with van der Waals surface area (Å²) in [5, 5.41) is 18.6. The van der Waals surface area contributed by atoms with Crippen LogP contribution in [-0.4, -0.2) is 63.2 Å².